The number of nitrogens with one attached hydrogen (secondary N) is 2. The minimum absolute atomic E-state index is 0.440. The molecule has 0 atom stereocenters. The van der Waals surface area contributed by atoms with Crippen molar-refractivity contribution >= 4 is 17.5 Å². The molecule has 2 N–H and O–H groups in total. The van der Waals surface area contributed by atoms with Crippen LogP contribution in [0.1, 0.15) is 32.1 Å². The third-order valence-corrected chi connectivity index (χ3v) is 3.61. The fourth-order valence-electron chi connectivity index (χ4n) is 2.53. The summed E-state index contributed by atoms with van der Waals surface area (Å²) in [4.78, 5) is 11.1. The van der Waals surface area contributed by atoms with E-state index < -0.39 is 6.09 Å². The fourth-order valence-corrected chi connectivity index (χ4v) is 2.53. The van der Waals surface area contributed by atoms with Gasteiger partial charge in [-0.25, -0.2) is 4.79 Å². The molecule has 1 aromatic rings. The van der Waals surface area contributed by atoms with Crippen molar-refractivity contribution in [3.63, 3.8) is 0 Å². The van der Waals surface area contributed by atoms with Gasteiger partial charge in [-0.15, -0.1) is 0 Å². The van der Waals surface area contributed by atoms with Crippen LogP contribution in [0.25, 0.3) is 0 Å². The van der Waals surface area contributed by atoms with Gasteiger partial charge in [-0.3, -0.25) is 5.32 Å². The molecule has 2 rings (SSSR count). The van der Waals surface area contributed by atoms with Gasteiger partial charge in [0, 0.05) is 17.9 Å². The van der Waals surface area contributed by atoms with E-state index in [1.807, 2.05) is 24.3 Å². The number of methoxy groups -OCH3 is 1. The largest absolute Gasteiger partial charge is 0.453 e. The lowest BCUT2D eigenvalue weighted by atomic mass is 9.89. The van der Waals surface area contributed by atoms with Gasteiger partial charge >= 0.3 is 6.09 Å². The molecule has 1 aliphatic rings. The molecule has 0 heterocycles. The van der Waals surface area contributed by atoms with Crippen LogP contribution in [0.15, 0.2) is 24.3 Å². The number of carbonyl (C=O) groups excluding carboxylic acids is 1. The first kappa shape index (κ1) is 13.7. The van der Waals surface area contributed by atoms with Crippen molar-refractivity contribution in [2.75, 3.05) is 24.3 Å². The minimum Gasteiger partial charge on any atom is -0.453 e. The predicted octanol–water partition coefficient (Wildman–Crippen LogP) is 3.86. The quantitative estimate of drug-likeness (QED) is 0.866. The lowest BCUT2D eigenvalue weighted by Crippen LogP contribution is -2.17. The van der Waals surface area contributed by atoms with Gasteiger partial charge in [0.15, 0.2) is 0 Å². The van der Waals surface area contributed by atoms with Crippen LogP contribution < -0.4 is 10.6 Å². The van der Waals surface area contributed by atoms with Gasteiger partial charge in [0.25, 0.3) is 0 Å². The molecule has 1 amide bonds. The van der Waals surface area contributed by atoms with Crippen LogP contribution in [0.3, 0.4) is 0 Å². The van der Waals surface area contributed by atoms with E-state index in [0.717, 1.165) is 23.8 Å². The highest BCUT2D eigenvalue weighted by Crippen LogP contribution is 2.24. The van der Waals surface area contributed by atoms with E-state index in [2.05, 4.69) is 15.4 Å². The minimum atomic E-state index is -0.440. The highest BCUT2D eigenvalue weighted by Gasteiger charge is 2.12. The van der Waals surface area contributed by atoms with Crippen LogP contribution in [0, 0.1) is 5.92 Å². The highest BCUT2D eigenvalue weighted by atomic mass is 16.5. The van der Waals surface area contributed by atoms with Crippen LogP contribution in [0.4, 0.5) is 16.2 Å². The Morgan fingerprint density at radius 2 is 2.00 bits per heavy atom. The molecule has 19 heavy (non-hydrogen) atoms. The maximum Gasteiger partial charge on any atom is 0.411 e. The maximum atomic E-state index is 11.1. The molecule has 0 spiro atoms. The van der Waals surface area contributed by atoms with Crippen LogP contribution in [-0.2, 0) is 4.74 Å². The standard InChI is InChI=1S/C15H22N2O2/c1-19-15(18)17-14-9-5-8-13(10-14)16-11-12-6-3-2-4-7-12/h5,8-10,12,16H,2-4,6-7,11H2,1H3,(H,17,18). The van der Waals surface area contributed by atoms with Crippen LogP contribution in [0.2, 0.25) is 0 Å². The molecule has 4 nitrogen and oxygen atoms in total. The second-order valence-electron chi connectivity index (χ2n) is 5.08. The van der Waals surface area contributed by atoms with Gasteiger partial charge in [-0.05, 0) is 37.0 Å². The molecular weight excluding hydrogens is 240 g/mol. The Bertz CT molecular complexity index is 414. The summed E-state index contributed by atoms with van der Waals surface area (Å²) in [6.07, 6.45) is 6.31. The molecular formula is C15H22N2O2. The van der Waals surface area contributed by atoms with Gasteiger partial charge < -0.3 is 10.1 Å². The van der Waals surface area contributed by atoms with E-state index in [1.54, 1.807) is 0 Å². The number of hydrogen-bond donors (Lipinski definition) is 2. The average molecular weight is 262 g/mol. The van der Waals surface area contributed by atoms with Gasteiger partial charge in [-0.2, -0.15) is 0 Å². The van der Waals surface area contributed by atoms with Gasteiger partial charge in [0.2, 0.25) is 0 Å². The Labute approximate surface area is 114 Å². The zero-order valence-electron chi connectivity index (χ0n) is 11.4. The molecule has 0 unspecified atom stereocenters. The lowest BCUT2D eigenvalue weighted by Gasteiger charge is -2.22. The van der Waals surface area contributed by atoms with Gasteiger partial charge in [-0.1, -0.05) is 25.3 Å². The Morgan fingerprint density at radius 1 is 1.26 bits per heavy atom. The monoisotopic (exact) mass is 262 g/mol. The molecule has 1 aliphatic carbocycles. The summed E-state index contributed by atoms with van der Waals surface area (Å²) in [6.45, 7) is 1.02. The first-order chi connectivity index (χ1) is 9.28. The van der Waals surface area contributed by atoms with E-state index in [4.69, 9.17) is 0 Å². The summed E-state index contributed by atoms with van der Waals surface area (Å²) in [5.41, 5.74) is 1.79. The first-order valence-electron chi connectivity index (χ1n) is 6.97. The van der Waals surface area contributed by atoms with Crippen molar-refractivity contribution in [1.82, 2.24) is 0 Å². The Hall–Kier alpha value is -1.71. The lowest BCUT2D eigenvalue weighted by molar-refractivity contribution is 0.187. The average Bonchev–Trinajstić information content (AvgIpc) is 2.46. The van der Waals surface area contributed by atoms with Gasteiger partial charge in [0.05, 0.1) is 7.11 Å². The third kappa shape index (κ3) is 4.47. The summed E-state index contributed by atoms with van der Waals surface area (Å²) >= 11 is 0. The zero-order chi connectivity index (χ0) is 13.5. The van der Waals surface area contributed by atoms with Crippen LogP contribution >= 0.6 is 0 Å². The number of carbonyl (C=O) groups is 1. The second kappa shape index (κ2) is 7.02. The van der Waals surface area contributed by atoms with Crippen molar-refractivity contribution in [3.8, 4) is 0 Å². The molecule has 1 fully saturated rings. The normalized spacial score (nSPS) is 15.8. The van der Waals surface area contributed by atoms with E-state index in [-0.39, 0.29) is 0 Å². The summed E-state index contributed by atoms with van der Waals surface area (Å²) in [5.74, 6) is 0.783. The van der Waals surface area contributed by atoms with E-state index in [1.165, 1.54) is 39.2 Å². The Balaban J connectivity index is 1.85. The SMILES string of the molecule is COC(=O)Nc1cccc(NCC2CCCCC2)c1. The maximum absolute atomic E-state index is 11.1. The molecule has 1 saturated carbocycles. The molecule has 1 aromatic carbocycles. The van der Waals surface area contributed by atoms with Crippen molar-refractivity contribution in [3.05, 3.63) is 24.3 Å². The molecule has 104 valence electrons. The topological polar surface area (TPSA) is 50.4 Å². The van der Waals surface area contributed by atoms with E-state index in [9.17, 15) is 4.79 Å². The number of anilines is 2. The molecule has 0 radical (unpaired) electrons. The molecule has 0 bridgehead atoms. The zero-order valence-corrected chi connectivity index (χ0v) is 11.4. The second-order valence-corrected chi connectivity index (χ2v) is 5.08. The Kier molecular flexibility index (Phi) is 5.07. The smallest absolute Gasteiger partial charge is 0.411 e. The van der Waals surface area contributed by atoms with Crippen molar-refractivity contribution in [1.29, 1.82) is 0 Å². The first-order valence-corrected chi connectivity index (χ1v) is 6.97. The molecule has 0 saturated heterocycles. The number of ether oxygens (including phenoxy) is 1. The van der Waals surface area contributed by atoms with Crippen molar-refractivity contribution in [2.24, 2.45) is 5.92 Å². The van der Waals surface area contributed by atoms with Crippen LogP contribution in [0.5, 0.6) is 0 Å². The highest BCUT2D eigenvalue weighted by molar-refractivity contribution is 5.85. The number of benzene rings is 1. The third-order valence-electron chi connectivity index (χ3n) is 3.61. The number of hydrogen-bond acceptors (Lipinski definition) is 3. The summed E-state index contributed by atoms with van der Waals surface area (Å²) in [6, 6.07) is 7.72. The Morgan fingerprint density at radius 3 is 2.74 bits per heavy atom. The number of rotatable bonds is 4. The predicted molar refractivity (Wildman–Crippen MR) is 77.5 cm³/mol. The van der Waals surface area contributed by atoms with Crippen molar-refractivity contribution in [2.45, 2.75) is 32.1 Å². The number of amides is 1. The van der Waals surface area contributed by atoms with Crippen molar-refractivity contribution < 1.29 is 9.53 Å². The van der Waals surface area contributed by atoms with Gasteiger partial charge in [0.1, 0.15) is 0 Å². The molecule has 0 aromatic heterocycles. The van der Waals surface area contributed by atoms with Crippen LogP contribution in [-0.4, -0.2) is 19.7 Å². The summed E-state index contributed by atoms with van der Waals surface area (Å²) in [5, 5.41) is 6.12. The van der Waals surface area contributed by atoms with E-state index in [0.29, 0.717) is 0 Å². The van der Waals surface area contributed by atoms with E-state index >= 15 is 0 Å². The summed E-state index contributed by atoms with van der Waals surface area (Å²) in [7, 11) is 1.36. The fraction of sp³-hybridized carbons (Fsp3) is 0.533. The molecule has 0 aliphatic heterocycles. The molecule has 4 heteroatoms. The summed E-state index contributed by atoms with van der Waals surface area (Å²) < 4.78 is 4.58.